The lowest BCUT2D eigenvalue weighted by atomic mass is 10.2. The van der Waals surface area contributed by atoms with Gasteiger partial charge in [0, 0.05) is 6.42 Å². The summed E-state index contributed by atoms with van der Waals surface area (Å²) in [5.74, 6) is -3.01. The summed E-state index contributed by atoms with van der Waals surface area (Å²) in [7, 11) is 0. The van der Waals surface area contributed by atoms with Crippen LogP contribution in [0, 0.1) is 0 Å². The van der Waals surface area contributed by atoms with Crippen molar-refractivity contribution in [3.63, 3.8) is 0 Å². The van der Waals surface area contributed by atoms with Gasteiger partial charge in [-0.25, -0.2) is 4.79 Å². The number of rotatable bonds is 4. The Hall–Kier alpha value is -2.24. The first-order chi connectivity index (χ1) is 11.2. The van der Waals surface area contributed by atoms with Crippen LogP contribution in [0.15, 0.2) is 0 Å². The van der Waals surface area contributed by atoms with Gasteiger partial charge in [0.2, 0.25) is 5.91 Å². The van der Waals surface area contributed by atoms with Gasteiger partial charge < -0.3 is 36.8 Å². The van der Waals surface area contributed by atoms with Crippen LogP contribution >= 0.6 is 0 Å². The van der Waals surface area contributed by atoms with Crippen LogP contribution in [0.3, 0.4) is 0 Å². The molecule has 0 radical (unpaired) electrons. The summed E-state index contributed by atoms with van der Waals surface area (Å²) in [6.45, 7) is 0.353. The number of aliphatic hydroxyl groups is 1. The summed E-state index contributed by atoms with van der Waals surface area (Å²) in [5, 5.41) is 37.7. The van der Waals surface area contributed by atoms with Crippen molar-refractivity contribution < 1.29 is 39.6 Å². The summed E-state index contributed by atoms with van der Waals surface area (Å²) < 4.78 is 0. The predicted molar refractivity (Wildman–Crippen MR) is 80.2 cm³/mol. The van der Waals surface area contributed by atoms with E-state index < -0.39 is 36.6 Å². The Balaban J connectivity index is 0.000000334. The Morgan fingerprint density at radius 2 is 1.71 bits per heavy atom. The molecule has 3 atom stereocenters. The standard InChI is InChI=1S/C5H7NO3.C5H9NO2.C3H7NO3/c7-4-2-1-3(6-4)5(8)9;7-5(8)4-2-1-3-6-4;4-2(1-5)3(6)7/h3H,1-2H2,(H,6,7)(H,8,9);4,6H,1-3H2,(H,7,8);2,5H,1,4H2,(H,6,7)/t3-;4-;2-/m000/s1. The van der Waals surface area contributed by atoms with E-state index in [1.54, 1.807) is 0 Å². The summed E-state index contributed by atoms with van der Waals surface area (Å²) in [6, 6.07) is -2.03. The van der Waals surface area contributed by atoms with Crippen molar-refractivity contribution in [1.82, 2.24) is 10.6 Å². The first-order valence-electron chi connectivity index (χ1n) is 7.26. The van der Waals surface area contributed by atoms with Crippen LogP contribution in [-0.2, 0) is 19.2 Å². The van der Waals surface area contributed by atoms with E-state index in [9.17, 15) is 19.2 Å². The third-order valence-electron chi connectivity index (χ3n) is 3.17. The molecular weight excluding hydrogens is 326 g/mol. The Morgan fingerprint density at radius 1 is 1.12 bits per heavy atom. The van der Waals surface area contributed by atoms with Crippen LogP contribution in [-0.4, -0.2) is 75.5 Å². The van der Waals surface area contributed by atoms with E-state index in [0.717, 1.165) is 19.4 Å². The highest BCUT2D eigenvalue weighted by molar-refractivity contribution is 5.87. The Labute approximate surface area is 137 Å². The van der Waals surface area contributed by atoms with Gasteiger partial charge in [0.15, 0.2) is 0 Å². The molecule has 0 spiro atoms. The number of amides is 1. The van der Waals surface area contributed by atoms with Crippen molar-refractivity contribution in [2.75, 3.05) is 13.2 Å². The molecular formula is C13H23N3O8. The molecule has 0 aromatic rings. The number of carboxylic acids is 3. The molecule has 0 aromatic heterocycles. The zero-order valence-electron chi connectivity index (χ0n) is 13.0. The normalized spacial score (nSPS) is 23.0. The zero-order chi connectivity index (χ0) is 18.7. The molecule has 24 heavy (non-hydrogen) atoms. The monoisotopic (exact) mass is 349 g/mol. The third kappa shape index (κ3) is 9.02. The number of carboxylic acid groups (broad SMARTS) is 3. The number of hydrogen-bond acceptors (Lipinski definition) is 7. The molecule has 2 aliphatic heterocycles. The van der Waals surface area contributed by atoms with E-state index in [2.05, 4.69) is 10.6 Å². The highest BCUT2D eigenvalue weighted by atomic mass is 16.4. The van der Waals surface area contributed by atoms with E-state index in [1.165, 1.54) is 0 Å². The quantitative estimate of drug-likeness (QED) is 0.286. The fourth-order valence-corrected chi connectivity index (χ4v) is 1.77. The van der Waals surface area contributed by atoms with Crippen molar-refractivity contribution >= 4 is 23.8 Å². The molecule has 138 valence electrons. The van der Waals surface area contributed by atoms with Gasteiger partial charge in [0.05, 0.1) is 6.61 Å². The number of aliphatic hydroxyl groups excluding tert-OH is 1. The summed E-state index contributed by atoms with van der Waals surface area (Å²) in [4.78, 5) is 40.3. The molecule has 2 fully saturated rings. The fourth-order valence-electron chi connectivity index (χ4n) is 1.77. The second-order valence-electron chi connectivity index (χ2n) is 5.11. The van der Waals surface area contributed by atoms with Gasteiger partial charge in [0.1, 0.15) is 18.1 Å². The third-order valence-corrected chi connectivity index (χ3v) is 3.17. The maximum absolute atomic E-state index is 10.4. The van der Waals surface area contributed by atoms with Gasteiger partial charge in [-0.15, -0.1) is 0 Å². The molecule has 2 heterocycles. The number of hydrogen-bond donors (Lipinski definition) is 7. The predicted octanol–water partition coefficient (Wildman–Crippen LogP) is -2.44. The maximum atomic E-state index is 10.4. The molecule has 1 amide bonds. The number of carbonyl (C=O) groups is 4. The lowest BCUT2D eigenvalue weighted by Gasteiger charge is -1.99. The SMILES string of the molecule is N[C@@H](CO)C(=O)O.O=C(O)[C@@H]1CCCN1.O=C1CC[C@@H](C(=O)O)N1. The lowest BCUT2D eigenvalue weighted by molar-refractivity contribution is -0.140. The number of nitrogens with one attached hydrogen (secondary N) is 2. The Bertz CT molecular complexity index is 450. The van der Waals surface area contributed by atoms with E-state index in [-0.39, 0.29) is 11.9 Å². The average Bonchev–Trinajstić information content (AvgIpc) is 3.18. The number of nitrogens with two attached hydrogens (primary N) is 1. The van der Waals surface area contributed by atoms with Gasteiger partial charge in [-0.05, 0) is 25.8 Å². The largest absolute Gasteiger partial charge is 0.480 e. The minimum absolute atomic E-state index is 0.164. The molecule has 11 nitrogen and oxygen atoms in total. The average molecular weight is 349 g/mol. The first kappa shape index (κ1) is 21.8. The molecule has 0 saturated carbocycles. The molecule has 2 aliphatic rings. The van der Waals surface area contributed by atoms with Crippen molar-refractivity contribution in [2.24, 2.45) is 5.73 Å². The first-order valence-corrected chi connectivity index (χ1v) is 7.26. The van der Waals surface area contributed by atoms with Crippen LogP contribution in [0.2, 0.25) is 0 Å². The van der Waals surface area contributed by atoms with Gasteiger partial charge in [-0.1, -0.05) is 0 Å². The molecule has 0 aliphatic carbocycles. The molecule has 0 unspecified atom stereocenters. The molecule has 0 bridgehead atoms. The van der Waals surface area contributed by atoms with Gasteiger partial charge in [-0.3, -0.25) is 14.4 Å². The molecule has 8 N–H and O–H groups in total. The van der Waals surface area contributed by atoms with Crippen LogP contribution in [0.25, 0.3) is 0 Å². The summed E-state index contributed by atoms with van der Waals surface area (Å²) in [5.41, 5.74) is 4.77. The van der Waals surface area contributed by atoms with Gasteiger partial charge >= 0.3 is 17.9 Å². The van der Waals surface area contributed by atoms with E-state index in [1.807, 2.05) is 0 Å². The summed E-state index contributed by atoms with van der Waals surface area (Å²) >= 11 is 0. The molecule has 2 rings (SSSR count). The van der Waals surface area contributed by atoms with Gasteiger partial charge in [-0.2, -0.15) is 0 Å². The maximum Gasteiger partial charge on any atom is 0.326 e. The van der Waals surface area contributed by atoms with E-state index in [0.29, 0.717) is 12.8 Å². The Kier molecular flexibility index (Phi) is 10.3. The van der Waals surface area contributed by atoms with Crippen LogP contribution in [0.4, 0.5) is 0 Å². The van der Waals surface area contributed by atoms with Crippen LogP contribution < -0.4 is 16.4 Å². The second kappa shape index (κ2) is 11.3. The minimum atomic E-state index is -1.18. The topological polar surface area (TPSA) is 199 Å². The second-order valence-corrected chi connectivity index (χ2v) is 5.11. The van der Waals surface area contributed by atoms with E-state index in [4.69, 9.17) is 26.2 Å². The molecule has 0 aromatic carbocycles. The number of carbonyl (C=O) groups excluding carboxylic acids is 1. The smallest absolute Gasteiger partial charge is 0.326 e. The van der Waals surface area contributed by atoms with Crippen LogP contribution in [0.1, 0.15) is 25.7 Å². The highest BCUT2D eigenvalue weighted by Crippen LogP contribution is 2.05. The molecule has 2 saturated heterocycles. The van der Waals surface area contributed by atoms with Gasteiger partial charge in [0.25, 0.3) is 0 Å². The van der Waals surface area contributed by atoms with Crippen molar-refractivity contribution in [3.05, 3.63) is 0 Å². The van der Waals surface area contributed by atoms with E-state index >= 15 is 0 Å². The fraction of sp³-hybridized carbons (Fsp3) is 0.692. The number of aliphatic carboxylic acids is 3. The Morgan fingerprint density at radius 3 is 1.88 bits per heavy atom. The highest BCUT2D eigenvalue weighted by Gasteiger charge is 2.26. The van der Waals surface area contributed by atoms with Crippen molar-refractivity contribution in [2.45, 2.75) is 43.8 Å². The zero-order valence-corrected chi connectivity index (χ0v) is 13.0. The minimum Gasteiger partial charge on any atom is -0.480 e. The van der Waals surface area contributed by atoms with Crippen molar-refractivity contribution in [1.29, 1.82) is 0 Å². The van der Waals surface area contributed by atoms with Crippen molar-refractivity contribution in [3.8, 4) is 0 Å². The summed E-state index contributed by atoms with van der Waals surface area (Å²) in [6.07, 6.45) is 2.55. The van der Waals surface area contributed by atoms with Crippen LogP contribution in [0.5, 0.6) is 0 Å². The molecule has 11 heteroatoms. The lowest BCUT2D eigenvalue weighted by Crippen LogP contribution is -2.33.